The molecule has 1 amide bonds. The molecular weight excluding hydrogens is 493 g/mol. The van der Waals surface area contributed by atoms with Crippen LogP contribution in [0, 0.1) is 0 Å². The van der Waals surface area contributed by atoms with Crippen LogP contribution in [0.25, 0.3) is 0 Å². The normalized spacial score (nSPS) is 16.1. The number of carboxylic acid groups (broad SMARTS) is 1. The average molecular weight is 517 g/mol. The monoisotopic (exact) mass is 516 g/mol. The van der Waals surface area contributed by atoms with Crippen LogP contribution in [0.15, 0.2) is 82.6 Å². The molecule has 0 spiro atoms. The van der Waals surface area contributed by atoms with Crippen LogP contribution in [-0.2, 0) is 22.4 Å². The minimum atomic E-state index is -4.66. The number of carboxylic acids is 1. The second-order valence-corrected chi connectivity index (χ2v) is 9.24. The smallest absolute Gasteiger partial charge is 0.417 e. The Labute approximate surface area is 210 Å². The number of hydrogen-bond acceptors (Lipinski definition) is 5. The van der Waals surface area contributed by atoms with E-state index in [-0.39, 0.29) is 23.7 Å². The number of carbonyl (C=O) groups is 2. The fraction of sp³-hybridized carbons (Fsp3) is 0.231. The number of piperazine rings is 1. The first-order chi connectivity index (χ1) is 17.2. The third-order valence-electron chi connectivity index (χ3n) is 5.53. The van der Waals surface area contributed by atoms with E-state index in [2.05, 4.69) is 5.32 Å². The molecule has 0 aliphatic carbocycles. The van der Waals surface area contributed by atoms with Crippen LogP contribution in [0.1, 0.15) is 17.5 Å². The maximum Gasteiger partial charge on any atom is 0.417 e. The molecule has 4 rings (SSSR count). The van der Waals surface area contributed by atoms with E-state index in [4.69, 9.17) is 9.84 Å². The van der Waals surface area contributed by atoms with Gasteiger partial charge in [-0.15, -0.1) is 0 Å². The molecule has 36 heavy (non-hydrogen) atoms. The minimum absolute atomic E-state index is 0.0175. The second-order valence-electron chi connectivity index (χ2n) is 8.12. The summed E-state index contributed by atoms with van der Waals surface area (Å²) < 4.78 is 47.8. The largest absolute Gasteiger partial charge is 0.489 e. The standard InChI is InChI=1S/C26H23F3N2O4S/c27-26(28,29)21-13-18(31-12-11-30-22(25(31)34)15-24(32)33)9-10-23(21)36-20-8-4-7-19(14-20)35-16-17-5-2-1-3-6-17/h1-10,13-14,22,30H,11-12,15-16H2,(H,32,33). The Morgan fingerprint density at radius 2 is 1.86 bits per heavy atom. The number of nitrogens with one attached hydrogen (secondary N) is 1. The molecule has 0 bridgehead atoms. The Hall–Kier alpha value is -3.50. The number of rotatable bonds is 8. The molecule has 3 aromatic carbocycles. The first-order valence-electron chi connectivity index (χ1n) is 11.1. The van der Waals surface area contributed by atoms with E-state index in [1.807, 2.05) is 30.3 Å². The summed E-state index contributed by atoms with van der Waals surface area (Å²) in [5.41, 5.74) is 0.175. The van der Waals surface area contributed by atoms with Crippen molar-refractivity contribution in [2.45, 2.75) is 35.0 Å². The van der Waals surface area contributed by atoms with Gasteiger partial charge in [0.25, 0.3) is 0 Å². The van der Waals surface area contributed by atoms with Gasteiger partial charge >= 0.3 is 12.1 Å². The number of alkyl halides is 3. The zero-order valence-corrected chi connectivity index (χ0v) is 19.8. The van der Waals surface area contributed by atoms with E-state index < -0.39 is 36.1 Å². The molecule has 1 unspecified atom stereocenters. The first-order valence-corrected chi connectivity index (χ1v) is 11.9. The molecule has 1 aliphatic heterocycles. The maximum atomic E-state index is 14.0. The van der Waals surface area contributed by atoms with Crippen molar-refractivity contribution in [2.75, 3.05) is 18.0 Å². The number of nitrogens with zero attached hydrogens (tertiary/aromatic N) is 1. The molecule has 1 heterocycles. The van der Waals surface area contributed by atoms with Crippen LogP contribution in [0.3, 0.4) is 0 Å². The molecule has 10 heteroatoms. The molecule has 3 aromatic rings. The Morgan fingerprint density at radius 3 is 2.58 bits per heavy atom. The van der Waals surface area contributed by atoms with E-state index >= 15 is 0 Å². The number of carbonyl (C=O) groups excluding carboxylic acids is 1. The van der Waals surface area contributed by atoms with Crippen LogP contribution >= 0.6 is 11.8 Å². The van der Waals surface area contributed by atoms with Gasteiger partial charge in [-0.2, -0.15) is 13.2 Å². The summed E-state index contributed by atoms with van der Waals surface area (Å²) in [7, 11) is 0. The highest BCUT2D eigenvalue weighted by Crippen LogP contribution is 2.42. The zero-order chi connectivity index (χ0) is 25.7. The van der Waals surface area contributed by atoms with Crippen molar-refractivity contribution in [1.29, 1.82) is 0 Å². The van der Waals surface area contributed by atoms with Crippen molar-refractivity contribution in [3.8, 4) is 5.75 Å². The van der Waals surface area contributed by atoms with Gasteiger partial charge in [-0.05, 0) is 42.0 Å². The summed E-state index contributed by atoms with van der Waals surface area (Å²) in [4.78, 5) is 25.5. The SMILES string of the molecule is O=C(O)CC1NCCN(c2ccc(Sc3cccc(OCc4ccccc4)c3)c(C(F)(F)F)c2)C1=O. The van der Waals surface area contributed by atoms with Crippen molar-refractivity contribution in [3.63, 3.8) is 0 Å². The molecule has 1 fully saturated rings. The van der Waals surface area contributed by atoms with Crippen molar-refractivity contribution >= 4 is 29.3 Å². The third kappa shape index (κ3) is 6.38. The zero-order valence-electron chi connectivity index (χ0n) is 19.0. The summed E-state index contributed by atoms with van der Waals surface area (Å²) in [5.74, 6) is -1.20. The van der Waals surface area contributed by atoms with Gasteiger partial charge in [-0.3, -0.25) is 9.59 Å². The third-order valence-corrected chi connectivity index (χ3v) is 6.60. The molecule has 6 nitrogen and oxygen atoms in total. The van der Waals surface area contributed by atoms with Crippen LogP contribution in [0.2, 0.25) is 0 Å². The number of hydrogen-bond donors (Lipinski definition) is 2. The van der Waals surface area contributed by atoms with Gasteiger partial charge in [0.05, 0.1) is 18.0 Å². The Kier molecular flexibility index (Phi) is 7.85. The fourth-order valence-electron chi connectivity index (χ4n) is 3.82. The molecule has 0 aromatic heterocycles. The average Bonchev–Trinajstić information content (AvgIpc) is 2.84. The molecule has 1 aliphatic rings. The van der Waals surface area contributed by atoms with Crippen molar-refractivity contribution in [2.24, 2.45) is 0 Å². The molecular formula is C26H23F3N2O4S. The molecule has 1 atom stereocenters. The van der Waals surface area contributed by atoms with Crippen LogP contribution in [0.5, 0.6) is 5.75 Å². The first kappa shape index (κ1) is 25.6. The topological polar surface area (TPSA) is 78.9 Å². The highest BCUT2D eigenvalue weighted by Gasteiger charge is 2.36. The van der Waals surface area contributed by atoms with Crippen LogP contribution < -0.4 is 15.0 Å². The highest BCUT2D eigenvalue weighted by atomic mass is 32.2. The molecule has 1 saturated heterocycles. The van der Waals surface area contributed by atoms with E-state index in [1.165, 1.54) is 17.0 Å². The summed E-state index contributed by atoms with van der Waals surface area (Å²) in [5, 5.41) is 11.8. The van der Waals surface area contributed by atoms with Crippen molar-refractivity contribution < 1.29 is 32.6 Å². The lowest BCUT2D eigenvalue weighted by molar-refractivity contribution is -0.140. The molecule has 0 saturated carbocycles. The number of benzene rings is 3. The van der Waals surface area contributed by atoms with Gasteiger partial charge in [-0.25, -0.2) is 0 Å². The summed E-state index contributed by atoms with van der Waals surface area (Å²) in [6.45, 7) is 0.746. The van der Waals surface area contributed by atoms with Crippen molar-refractivity contribution in [1.82, 2.24) is 5.32 Å². The lowest BCUT2D eigenvalue weighted by Crippen LogP contribution is -2.55. The number of ether oxygens (including phenoxy) is 1. The van der Waals surface area contributed by atoms with E-state index in [0.29, 0.717) is 17.3 Å². The maximum absolute atomic E-state index is 14.0. The fourth-order valence-corrected chi connectivity index (χ4v) is 4.81. The summed E-state index contributed by atoms with van der Waals surface area (Å²) >= 11 is 0.949. The number of halogens is 3. The predicted molar refractivity (Wildman–Crippen MR) is 129 cm³/mol. The summed E-state index contributed by atoms with van der Waals surface area (Å²) in [6, 6.07) is 19.1. The van der Waals surface area contributed by atoms with Gasteiger partial charge in [0.2, 0.25) is 5.91 Å². The van der Waals surface area contributed by atoms with Gasteiger partial charge in [0.1, 0.15) is 12.4 Å². The van der Waals surface area contributed by atoms with Crippen LogP contribution in [-0.4, -0.2) is 36.1 Å². The van der Waals surface area contributed by atoms with Gasteiger partial charge in [0, 0.05) is 28.6 Å². The van der Waals surface area contributed by atoms with E-state index in [0.717, 1.165) is 23.4 Å². The van der Waals surface area contributed by atoms with Crippen LogP contribution in [0.4, 0.5) is 18.9 Å². The minimum Gasteiger partial charge on any atom is -0.489 e. The Morgan fingerprint density at radius 1 is 1.08 bits per heavy atom. The number of amides is 1. The molecule has 188 valence electrons. The second kappa shape index (κ2) is 11.0. The van der Waals surface area contributed by atoms with Gasteiger partial charge in [0.15, 0.2) is 0 Å². The van der Waals surface area contributed by atoms with E-state index in [9.17, 15) is 22.8 Å². The van der Waals surface area contributed by atoms with E-state index in [1.54, 1.807) is 24.3 Å². The summed E-state index contributed by atoms with van der Waals surface area (Å²) in [6.07, 6.45) is -5.10. The lowest BCUT2D eigenvalue weighted by Gasteiger charge is -2.33. The molecule has 0 radical (unpaired) electrons. The predicted octanol–water partition coefficient (Wildman–Crippen LogP) is 5.22. The Bertz CT molecular complexity index is 1240. The van der Waals surface area contributed by atoms with Gasteiger partial charge < -0.3 is 20.1 Å². The highest BCUT2D eigenvalue weighted by molar-refractivity contribution is 7.99. The number of anilines is 1. The Balaban J connectivity index is 1.55. The lowest BCUT2D eigenvalue weighted by atomic mass is 10.1. The number of aliphatic carboxylic acids is 1. The van der Waals surface area contributed by atoms with Crippen molar-refractivity contribution in [3.05, 3.63) is 83.9 Å². The molecule has 2 N–H and O–H groups in total. The quantitative estimate of drug-likeness (QED) is 0.428. The van der Waals surface area contributed by atoms with Gasteiger partial charge in [-0.1, -0.05) is 48.2 Å².